The van der Waals surface area contributed by atoms with Crippen LogP contribution >= 0.6 is 11.3 Å². The van der Waals surface area contributed by atoms with Crippen LogP contribution in [0.25, 0.3) is 11.0 Å². The maximum Gasteiger partial charge on any atom is 0.252 e. The number of hydrogen-bond acceptors (Lipinski definition) is 5. The molecule has 2 aromatic heterocycles. The third-order valence-corrected chi connectivity index (χ3v) is 8.88. The van der Waals surface area contributed by atoms with Crippen molar-refractivity contribution in [1.82, 2.24) is 19.2 Å². The van der Waals surface area contributed by atoms with Gasteiger partial charge in [-0.05, 0) is 51.0 Å². The highest BCUT2D eigenvalue weighted by Crippen LogP contribution is 2.28. The van der Waals surface area contributed by atoms with Crippen LogP contribution in [0.15, 0.2) is 40.6 Å². The lowest BCUT2D eigenvalue weighted by atomic mass is 9.99. The van der Waals surface area contributed by atoms with Crippen LogP contribution in [0.1, 0.15) is 23.5 Å². The predicted octanol–water partition coefficient (Wildman–Crippen LogP) is 2.93. The quantitative estimate of drug-likeness (QED) is 0.631. The van der Waals surface area contributed by atoms with Gasteiger partial charge in [-0.2, -0.15) is 4.31 Å². The van der Waals surface area contributed by atoms with Gasteiger partial charge in [-0.15, -0.1) is 11.3 Å². The molecule has 4 rings (SSSR count). The van der Waals surface area contributed by atoms with E-state index in [-0.39, 0.29) is 18.4 Å². The molecule has 1 aliphatic rings. The highest BCUT2D eigenvalue weighted by Gasteiger charge is 2.33. The molecular weight excluding hydrogens is 420 g/mol. The number of imidazole rings is 1. The molecule has 0 spiro atoms. The largest absolute Gasteiger partial charge is 0.354 e. The summed E-state index contributed by atoms with van der Waals surface area (Å²) in [4.78, 5) is 18.2. The first-order valence-electron chi connectivity index (χ1n) is 10.1. The summed E-state index contributed by atoms with van der Waals surface area (Å²) in [6, 6.07) is 11.4. The van der Waals surface area contributed by atoms with Crippen LogP contribution in [0.2, 0.25) is 0 Å². The number of fused-ring (bicyclic) bond motifs is 1. The first-order chi connectivity index (χ1) is 14.4. The summed E-state index contributed by atoms with van der Waals surface area (Å²) in [7, 11) is -3.53. The number of para-hydroxylation sites is 2. The standard InChI is InChI=1S/C21H26N4O3S2/c1-15-9-10-20(29-15)30(27,28)24-12-5-6-17(14-24)21(26)22-11-13-25-16(2)23-18-7-3-4-8-19(18)25/h3-4,7-10,17H,5-6,11-14H2,1-2H3,(H,22,26)/t17-/m0/s1. The third-order valence-electron chi connectivity index (χ3n) is 5.54. The van der Waals surface area contributed by atoms with Crippen LogP contribution in [0, 0.1) is 19.8 Å². The van der Waals surface area contributed by atoms with Crippen molar-refractivity contribution >= 4 is 38.3 Å². The summed E-state index contributed by atoms with van der Waals surface area (Å²) in [5, 5.41) is 2.99. The number of nitrogens with one attached hydrogen (secondary N) is 1. The van der Waals surface area contributed by atoms with Crippen molar-refractivity contribution < 1.29 is 13.2 Å². The molecule has 1 fully saturated rings. The van der Waals surface area contributed by atoms with E-state index in [0.29, 0.717) is 36.7 Å². The van der Waals surface area contributed by atoms with Gasteiger partial charge in [0.05, 0.1) is 17.0 Å². The molecule has 0 aliphatic carbocycles. The fraction of sp³-hybridized carbons (Fsp3) is 0.429. The van der Waals surface area contributed by atoms with Crippen LogP contribution in [0.5, 0.6) is 0 Å². The van der Waals surface area contributed by atoms with E-state index in [0.717, 1.165) is 21.7 Å². The fourth-order valence-corrected chi connectivity index (χ4v) is 6.93. The number of aromatic nitrogens is 2. The molecule has 1 N–H and O–H groups in total. The van der Waals surface area contributed by atoms with E-state index in [4.69, 9.17) is 0 Å². The normalized spacial score (nSPS) is 18.0. The number of hydrogen-bond donors (Lipinski definition) is 1. The van der Waals surface area contributed by atoms with Crippen molar-refractivity contribution in [1.29, 1.82) is 0 Å². The molecule has 30 heavy (non-hydrogen) atoms. The number of sulfonamides is 1. The van der Waals surface area contributed by atoms with E-state index in [1.165, 1.54) is 15.6 Å². The predicted molar refractivity (Wildman–Crippen MR) is 118 cm³/mol. The Bertz CT molecular complexity index is 1170. The Morgan fingerprint density at radius 2 is 2.03 bits per heavy atom. The fourth-order valence-electron chi connectivity index (χ4n) is 3.97. The summed E-state index contributed by atoms with van der Waals surface area (Å²) in [5.74, 6) is 0.501. The molecule has 0 bridgehead atoms. The Morgan fingerprint density at radius 3 is 2.80 bits per heavy atom. The minimum absolute atomic E-state index is 0.0839. The van der Waals surface area contributed by atoms with Gasteiger partial charge >= 0.3 is 0 Å². The number of piperidine rings is 1. The molecule has 1 atom stereocenters. The number of aryl methyl sites for hydroxylation is 2. The zero-order valence-electron chi connectivity index (χ0n) is 17.2. The summed E-state index contributed by atoms with van der Waals surface area (Å²) < 4.78 is 29.7. The molecule has 160 valence electrons. The van der Waals surface area contributed by atoms with Gasteiger partial charge in [-0.3, -0.25) is 4.79 Å². The summed E-state index contributed by atoms with van der Waals surface area (Å²) in [6.07, 6.45) is 1.39. The van der Waals surface area contributed by atoms with Crippen LogP contribution < -0.4 is 5.32 Å². The minimum atomic E-state index is -3.53. The lowest BCUT2D eigenvalue weighted by Gasteiger charge is -2.30. The first kappa shape index (κ1) is 21.0. The zero-order chi connectivity index (χ0) is 21.3. The van der Waals surface area contributed by atoms with Crippen molar-refractivity contribution in [2.75, 3.05) is 19.6 Å². The van der Waals surface area contributed by atoms with Gasteiger partial charge in [0.15, 0.2) is 0 Å². The van der Waals surface area contributed by atoms with Crippen LogP contribution in [0.4, 0.5) is 0 Å². The molecule has 1 saturated heterocycles. The van der Waals surface area contributed by atoms with Crippen molar-refractivity contribution in [3.63, 3.8) is 0 Å². The lowest BCUT2D eigenvalue weighted by Crippen LogP contribution is -2.45. The molecule has 1 aromatic carbocycles. The molecule has 3 heterocycles. The average Bonchev–Trinajstić information content (AvgIpc) is 3.31. The van der Waals surface area contributed by atoms with Crippen molar-refractivity contribution in [2.45, 2.75) is 37.4 Å². The number of carbonyl (C=O) groups is 1. The molecule has 3 aromatic rings. The number of amides is 1. The molecule has 7 nitrogen and oxygen atoms in total. The SMILES string of the molecule is Cc1ccc(S(=O)(=O)N2CCC[C@H](C(=O)NCCn3c(C)nc4ccccc43)C2)s1. The highest BCUT2D eigenvalue weighted by atomic mass is 32.2. The van der Waals surface area contributed by atoms with Gasteiger partial charge in [-0.1, -0.05) is 12.1 Å². The van der Waals surface area contributed by atoms with Gasteiger partial charge in [0.2, 0.25) is 5.91 Å². The van der Waals surface area contributed by atoms with E-state index >= 15 is 0 Å². The van der Waals surface area contributed by atoms with Crippen molar-refractivity contribution in [3.05, 3.63) is 47.1 Å². The number of benzene rings is 1. The van der Waals surface area contributed by atoms with Crippen LogP contribution in [-0.4, -0.2) is 47.8 Å². The van der Waals surface area contributed by atoms with Gasteiger partial charge < -0.3 is 9.88 Å². The van der Waals surface area contributed by atoms with E-state index in [2.05, 4.69) is 14.9 Å². The van der Waals surface area contributed by atoms with Gasteiger partial charge in [0.25, 0.3) is 10.0 Å². The zero-order valence-corrected chi connectivity index (χ0v) is 18.8. The average molecular weight is 447 g/mol. The minimum Gasteiger partial charge on any atom is -0.354 e. The maximum atomic E-state index is 12.9. The molecule has 0 radical (unpaired) electrons. The van der Waals surface area contributed by atoms with E-state index in [1.807, 2.05) is 44.2 Å². The second-order valence-electron chi connectivity index (χ2n) is 7.66. The summed E-state index contributed by atoms with van der Waals surface area (Å²) >= 11 is 1.27. The third kappa shape index (κ3) is 4.14. The van der Waals surface area contributed by atoms with Crippen molar-refractivity contribution in [3.8, 4) is 0 Å². The Hall–Kier alpha value is -2.23. The number of rotatable bonds is 6. The van der Waals surface area contributed by atoms with Gasteiger partial charge in [0.1, 0.15) is 10.0 Å². The molecule has 9 heteroatoms. The Kier molecular flexibility index (Phi) is 5.95. The highest BCUT2D eigenvalue weighted by molar-refractivity contribution is 7.91. The number of nitrogens with zero attached hydrogens (tertiary/aromatic N) is 3. The smallest absolute Gasteiger partial charge is 0.252 e. The Balaban J connectivity index is 1.37. The second kappa shape index (κ2) is 8.49. The number of carbonyl (C=O) groups excluding carboxylic acids is 1. The Labute approximate surface area is 180 Å². The van der Waals surface area contributed by atoms with Crippen molar-refractivity contribution in [2.24, 2.45) is 5.92 Å². The van der Waals surface area contributed by atoms with Crippen LogP contribution in [-0.2, 0) is 21.4 Å². The Morgan fingerprint density at radius 1 is 1.23 bits per heavy atom. The topological polar surface area (TPSA) is 84.3 Å². The summed E-state index contributed by atoms with van der Waals surface area (Å²) in [5.41, 5.74) is 1.99. The van der Waals surface area contributed by atoms with Crippen LogP contribution in [0.3, 0.4) is 0 Å². The van der Waals surface area contributed by atoms with E-state index in [9.17, 15) is 13.2 Å². The summed E-state index contributed by atoms with van der Waals surface area (Å²) in [6.45, 7) is 5.65. The lowest BCUT2D eigenvalue weighted by molar-refractivity contribution is -0.126. The molecule has 1 aliphatic heterocycles. The van der Waals surface area contributed by atoms with Gasteiger partial charge in [-0.25, -0.2) is 13.4 Å². The molecular formula is C21H26N4O3S2. The second-order valence-corrected chi connectivity index (χ2v) is 11.1. The molecule has 1 amide bonds. The monoisotopic (exact) mass is 446 g/mol. The van der Waals surface area contributed by atoms with E-state index < -0.39 is 10.0 Å². The first-order valence-corrected chi connectivity index (χ1v) is 12.4. The molecule has 0 unspecified atom stereocenters. The van der Waals surface area contributed by atoms with E-state index in [1.54, 1.807) is 6.07 Å². The molecule has 0 saturated carbocycles. The number of thiophene rings is 1. The van der Waals surface area contributed by atoms with Gasteiger partial charge in [0, 0.05) is 31.1 Å². The maximum absolute atomic E-state index is 12.9.